The van der Waals surface area contributed by atoms with Gasteiger partial charge in [-0.3, -0.25) is 14.4 Å². The highest BCUT2D eigenvalue weighted by Gasteiger charge is 2.39. The predicted molar refractivity (Wildman–Crippen MR) is 124 cm³/mol. The second-order valence-electron chi connectivity index (χ2n) is 8.49. The molecule has 2 rings (SSSR count). The molecule has 12 heteroatoms. The van der Waals surface area contributed by atoms with Gasteiger partial charge in [-0.15, -0.1) is 0 Å². The Labute approximate surface area is 197 Å². The summed E-state index contributed by atoms with van der Waals surface area (Å²) in [5.74, 6) is -2.09. The van der Waals surface area contributed by atoms with E-state index in [0.717, 1.165) is 0 Å². The smallest absolute Gasteiger partial charge is 0.326 e. The summed E-state index contributed by atoms with van der Waals surface area (Å²) in [7, 11) is 0. The van der Waals surface area contributed by atoms with Gasteiger partial charge in [-0.2, -0.15) is 11.8 Å². The third-order valence-electron chi connectivity index (χ3n) is 5.63. The van der Waals surface area contributed by atoms with E-state index in [4.69, 9.17) is 5.73 Å². The maximum atomic E-state index is 13.4. The first-order chi connectivity index (χ1) is 15.6. The number of aromatic nitrogens is 2. The van der Waals surface area contributed by atoms with Gasteiger partial charge in [0.05, 0.1) is 12.4 Å². The van der Waals surface area contributed by atoms with Crippen LogP contribution in [0.3, 0.4) is 0 Å². The summed E-state index contributed by atoms with van der Waals surface area (Å²) in [6, 6.07) is -3.55. The number of hydrogen-bond acceptors (Lipinski definition) is 7. The minimum Gasteiger partial charge on any atom is -0.480 e. The van der Waals surface area contributed by atoms with Gasteiger partial charge in [0, 0.05) is 24.9 Å². The summed E-state index contributed by atoms with van der Waals surface area (Å²) in [4.78, 5) is 58.7. The summed E-state index contributed by atoms with van der Waals surface area (Å²) in [5, 5.41) is 14.7. The van der Waals surface area contributed by atoms with E-state index in [2.05, 4.69) is 20.6 Å². The molecule has 2 heterocycles. The minimum atomic E-state index is -1.13. The summed E-state index contributed by atoms with van der Waals surface area (Å²) in [5.41, 5.74) is 6.63. The lowest BCUT2D eigenvalue weighted by molar-refractivity contribution is -0.145. The molecular weight excluding hydrogens is 448 g/mol. The lowest BCUT2D eigenvalue weighted by atomic mass is 10.0. The fourth-order valence-electron chi connectivity index (χ4n) is 3.74. The van der Waals surface area contributed by atoms with Crippen molar-refractivity contribution in [1.29, 1.82) is 0 Å². The number of amides is 3. The van der Waals surface area contributed by atoms with Crippen LogP contribution in [0.5, 0.6) is 0 Å². The SMILES string of the molecule is CSCCC(N)C(=O)NC(Cc1cnc[nH]1)C(=O)N1CCCC1C(=O)NC(C(=O)O)C(C)C. The van der Waals surface area contributed by atoms with E-state index in [-0.39, 0.29) is 12.3 Å². The van der Waals surface area contributed by atoms with Crippen LogP contribution in [-0.4, -0.2) is 86.4 Å². The number of H-pyrrole nitrogens is 1. The zero-order valence-corrected chi connectivity index (χ0v) is 20.1. The highest BCUT2D eigenvalue weighted by Crippen LogP contribution is 2.20. The van der Waals surface area contributed by atoms with Gasteiger partial charge in [0.25, 0.3) is 0 Å². The third kappa shape index (κ3) is 7.46. The highest BCUT2D eigenvalue weighted by molar-refractivity contribution is 7.98. The zero-order valence-electron chi connectivity index (χ0n) is 19.2. The number of hydrogen-bond donors (Lipinski definition) is 5. The number of carboxylic acids is 1. The van der Waals surface area contributed by atoms with Crippen molar-refractivity contribution in [3.8, 4) is 0 Å². The van der Waals surface area contributed by atoms with Gasteiger partial charge in [-0.25, -0.2) is 9.78 Å². The summed E-state index contributed by atoms with van der Waals surface area (Å²) in [6.45, 7) is 3.74. The molecule has 0 spiro atoms. The standard InChI is InChI=1S/C21H34N6O5S/c1-12(2)17(21(31)32)26-19(29)16-5-4-7-27(16)20(30)15(9-13-10-23-11-24-13)25-18(28)14(22)6-8-33-3/h10-12,14-17H,4-9,22H2,1-3H3,(H,23,24)(H,25,28)(H,26,29)(H,31,32). The highest BCUT2D eigenvalue weighted by atomic mass is 32.2. The van der Waals surface area contributed by atoms with Crippen molar-refractivity contribution < 1.29 is 24.3 Å². The van der Waals surface area contributed by atoms with Gasteiger partial charge in [-0.1, -0.05) is 13.8 Å². The summed E-state index contributed by atoms with van der Waals surface area (Å²) in [6.07, 6.45) is 6.61. The average molecular weight is 483 g/mol. The molecule has 0 aromatic carbocycles. The van der Waals surface area contributed by atoms with Crippen LogP contribution in [-0.2, 0) is 25.6 Å². The molecule has 1 aromatic rings. The molecule has 0 aliphatic carbocycles. The molecule has 33 heavy (non-hydrogen) atoms. The Morgan fingerprint density at radius 1 is 1.33 bits per heavy atom. The Balaban J connectivity index is 2.16. The topological polar surface area (TPSA) is 171 Å². The predicted octanol–water partition coefficient (Wildman–Crippen LogP) is -0.266. The lowest BCUT2D eigenvalue weighted by Gasteiger charge is -2.30. The largest absolute Gasteiger partial charge is 0.480 e. The summed E-state index contributed by atoms with van der Waals surface area (Å²) < 4.78 is 0. The fraction of sp³-hybridized carbons (Fsp3) is 0.667. The van der Waals surface area contributed by atoms with Crippen molar-refractivity contribution in [2.45, 2.75) is 63.7 Å². The van der Waals surface area contributed by atoms with Crippen molar-refractivity contribution in [3.05, 3.63) is 18.2 Å². The first-order valence-corrected chi connectivity index (χ1v) is 12.4. The first-order valence-electron chi connectivity index (χ1n) is 11.0. The molecule has 1 saturated heterocycles. The van der Waals surface area contributed by atoms with Crippen LogP contribution in [0.2, 0.25) is 0 Å². The van der Waals surface area contributed by atoms with Crippen molar-refractivity contribution in [2.75, 3.05) is 18.6 Å². The molecule has 4 unspecified atom stereocenters. The van der Waals surface area contributed by atoms with Crippen LogP contribution >= 0.6 is 11.8 Å². The number of aromatic amines is 1. The van der Waals surface area contributed by atoms with E-state index in [9.17, 15) is 24.3 Å². The Bertz CT molecular complexity index is 818. The molecule has 0 radical (unpaired) electrons. The van der Waals surface area contributed by atoms with Gasteiger partial charge in [-0.05, 0) is 37.2 Å². The quantitative estimate of drug-likeness (QED) is 0.271. The second kappa shape index (κ2) is 12.6. The van der Waals surface area contributed by atoms with Gasteiger partial charge in [0.2, 0.25) is 17.7 Å². The maximum Gasteiger partial charge on any atom is 0.326 e. The van der Waals surface area contributed by atoms with Crippen molar-refractivity contribution in [3.63, 3.8) is 0 Å². The third-order valence-corrected chi connectivity index (χ3v) is 6.28. The number of carbonyl (C=O) groups is 4. The normalized spacial score (nSPS) is 18.6. The molecule has 1 aromatic heterocycles. The van der Waals surface area contributed by atoms with E-state index < -0.39 is 47.9 Å². The minimum absolute atomic E-state index is 0.161. The Hall–Kier alpha value is -2.60. The maximum absolute atomic E-state index is 13.4. The van der Waals surface area contributed by atoms with Crippen molar-refractivity contribution >= 4 is 35.5 Å². The number of nitrogens with zero attached hydrogens (tertiary/aromatic N) is 2. The number of rotatable bonds is 12. The van der Waals surface area contributed by atoms with Gasteiger partial charge in [0.15, 0.2) is 0 Å². The number of thioether (sulfide) groups is 1. The average Bonchev–Trinajstić information content (AvgIpc) is 3.46. The monoisotopic (exact) mass is 482 g/mol. The van der Waals surface area contributed by atoms with Crippen molar-refractivity contribution in [1.82, 2.24) is 25.5 Å². The molecule has 1 aliphatic rings. The number of carboxylic acid groups (broad SMARTS) is 1. The molecule has 11 nitrogen and oxygen atoms in total. The van der Waals surface area contributed by atoms with Crippen LogP contribution < -0.4 is 16.4 Å². The van der Waals surface area contributed by atoms with Crippen molar-refractivity contribution in [2.24, 2.45) is 11.7 Å². The zero-order chi connectivity index (χ0) is 24.5. The van der Waals surface area contributed by atoms with Crippen LogP contribution in [0.15, 0.2) is 12.5 Å². The number of aliphatic carboxylic acids is 1. The van der Waals surface area contributed by atoms with Gasteiger partial charge >= 0.3 is 5.97 Å². The lowest BCUT2D eigenvalue weighted by Crippen LogP contribution is -2.57. The molecule has 1 fully saturated rings. The van der Waals surface area contributed by atoms with E-state index in [1.807, 2.05) is 6.26 Å². The second-order valence-corrected chi connectivity index (χ2v) is 9.47. The number of nitrogens with two attached hydrogens (primary N) is 1. The van der Waals surface area contributed by atoms with Crippen LogP contribution in [0, 0.1) is 5.92 Å². The molecule has 0 bridgehead atoms. The van der Waals surface area contributed by atoms with Gasteiger partial charge < -0.3 is 31.4 Å². The molecule has 184 valence electrons. The number of carbonyl (C=O) groups excluding carboxylic acids is 3. The molecule has 1 aliphatic heterocycles. The number of nitrogens with one attached hydrogen (secondary N) is 3. The fourth-order valence-corrected chi connectivity index (χ4v) is 4.23. The Morgan fingerprint density at radius 3 is 2.64 bits per heavy atom. The molecule has 6 N–H and O–H groups in total. The molecule has 0 saturated carbocycles. The van der Waals surface area contributed by atoms with Crippen LogP contribution in [0.1, 0.15) is 38.8 Å². The number of likely N-dealkylation sites (tertiary alicyclic amines) is 1. The van der Waals surface area contributed by atoms with Crippen LogP contribution in [0.4, 0.5) is 0 Å². The Morgan fingerprint density at radius 2 is 2.06 bits per heavy atom. The van der Waals surface area contributed by atoms with E-state index in [1.54, 1.807) is 31.8 Å². The number of imidazole rings is 1. The van der Waals surface area contributed by atoms with E-state index in [0.29, 0.717) is 37.3 Å². The summed E-state index contributed by atoms with van der Waals surface area (Å²) >= 11 is 1.57. The van der Waals surface area contributed by atoms with Gasteiger partial charge in [0.1, 0.15) is 18.1 Å². The van der Waals surface area contributed by atoms with Crippen LogP contribution in [0.25, 0.3) is 0 Å². The first kappa shape index (κ1) is 26.7. The van der Waals surface area contributed by atoms with E-state index in [1.165, 1.54) is 11.2 Å². The molecule has 4 atom stereocenters. The molecule has 3 amide bonds. The Kier molecular flexibility index (Phi) is 10.2. The molecular formula is C21H34N6O5S. The van der Waals surface area contributed by atoms with E-state index >= 15 is 0 Å².